The zero-order valence-corrected chi connectivity index (χ0v) is 18.6. The maximum absolute atomic E-state index is 12.9. The van der Waals surface area contributed by atoms with Crippen LogP contribution in [0.5, 0.6) is 5.75 Å². The first-order valence-electron chi connectivity index (χ1n) is 9.82. The monoisotopic (exact) mass is 467 g/mol. The van der Waals surface area contributed by atoms with Crippen LogP contribution in [0.25, 0.3) is 0 Å². The number of hydrogen-bond acceptors (Lipinski definition) is 6. The first-order valence-corrected chi connectivity index (χ1v) is 11.3. The summed E-state index contributed by atoms with van der Waals surface area (Å²) in [5.74, 6) is -0.318. The van der Waals surface area contributed by atoms with Gasteiger partial charge in [0.05, 0.1) is 42.9 Å². The summed E-state index contributed by atoms with van der Waals surface area (Å²) in [6, 6.07) is 4.15. The number of carbonyl (C=O) groups excluding carboxylic acids is 1. The Hall–Kier alpha value is -1.89. The highest BCUT2D eigenvalue weighted by Crippen LogP contribution is 2.30. The number of likely N-dealkylation sites (N-methyl/N-ethyl adjacent to an activating group) is 1. The normalized spacial score (nSPS) is 16.0. The number of benzene rings is 1. The first kappa shape index (κ1) is 25.4. The molecular weight excluding hydrogens is 439 g/mol. The highest BCUT2D eigenvalue weighted by Gasteiger charge is 2.29. The second-order valence-corrected chi connectivity index (χ2v) is 9.43. The summed E-state index contributed by atoms with van der Waals surface area (Å²) < 4.78 is 75.1. The molecule has 1 heterocycles. The van der Waals surface area contributed by atoms with Crippen LogP contribution < -0.4 is 10.1 Å². The van der Waals surface area contributed by atoms with Gasteiger partial charge in [-0.05, 0) is 39.1 Å². The summed E-state index contributed by atoms with van der Waals surface area (Å²) >= 11 is 0. The van der Waals surface area contributed by atoms with Crippen LogP contribution in [-0.2, 0) is 19.6 Å². The molecule has 0 radical (unpaired) electrons. The molecule has 1 aromatic rings. The van der Waals surface area contributed by atoms with Crippen molar-refractivity contribution >= 4 is 21.6 Å². The summed E-state index contributed by atoms with van der Waals surface area (Å²) in [4.78, 5) is 13.6. The third-order valence-electron chi connectivity index (χ3n) is 4.39. The maximum atomic E-state index is 12.9. The van der Waals surface area contributed by atoms with Gasteiger partial charge in [0.1, 0.15) is 5.75 Å². The summed E-state index contributed by atoms with van der Waals surface area (Å²) in [6.45, 7) is 3.94. The van der Waals surface area contributed by atoms with Gasteiger partial charge in [-0.1, -0.05) is 0 Å². The summed E-state index contributed by atoms with van der Waals surface area (Å²) in [5.41, 5.74) is 0.136. The fourth-order valence-corrected chi connectivity index (χ4v) is 4.33. The number of sulfonamides is 1. The Morgan fingerprint density at radius 2 is 1.94 bits per heavy atom. The van der Waals surface area contributed by atoms with Crippen molar-refractivity contribution in [2.75, 3.05) is 51.8 Å². The molecule has 1 aliphatic heterocycles. The highest BCUT2D eigenvalue weighted by atomic mass is 32.2. The summed E-state index contributed by atoms with van der Waals surface area (Å²) in [7, 11) is -2.40. The fourth-order valence-electron chi connectivity index (χ4n) is 2.89. The lowest BCUT2D eigenvalue weighted by molar-refractivity contribution is -0.138. The van der Waals surface area contributed by atoms with E-state index in [0.29, 0.717) is 13.2 Å². The topological polar surface area (TPSA) is 88.2 Å². The highest BCUT2D eigenvalue weighted by molar-refractivity contribution is 7.89. The minimum Gasteiger partial charge on any atom is -0.489 e. The van der Waals surface area contributed by atoms with Crippen LogP contribution in [0.4, 0.5) is 18.9 Å². The van der Waals surface area contributed by atoms with E-state index < -0.39 is 28.5 Å². The van der Waals surface area contributed by atoms with Gasteiger partial charge in [-0.3, -0.25) is 9.69 Å². The average Bonchev–Trinajstić information content (AvgIpc) is 2.67. The van der Waals surface area contributed by atoms with Crippen LogP contribution in [0, 0.1) is 0 Å². The van der Waals surface area contributed by atoms with Crippen LogP contribution in [0.2, 0.25) is 0 Å². The quantitative estimate of drug-likeness (QED) is 0.600. The summed E-state index contributed by atoms with van der Waals surface area (Å²) in [6.07, 6.45) is -5.59. The minimum atomic E-state index is -4.31. The number of amides is 1. The number of halogens is 3. The molecule has 12 heteroatoms. The molecule has 1 fully saturated rings. The number of alkyl halides is 3. The van der Waals surface area contributed by atoms with Gasteiger partial charge >= 0.3 is 6.18 Å². The Balaban J connectivity index is 2.19. The Bertz CT molecular complexity index is 856. The Labute approximate surface area is 180 Å². The number of rotatable bonds is 9. The number of anilines is 1. The van der Waals surface area contributed by atoms with Crippen LogP contribution in [-0.4, -0.2) is 82.3 Å². The lowest BCUT2D eigenvalue weighted by atomic mass is 10.2. The molecule has 1 aliphatic rings. The Morgan fingerprint density at radius 1 is 1.29 bits per heavy atom. The van der Waals surface area contributed by atoms with E-state index in [4.69, 9.17) is 9.47 Å². The fraction of sp³-hybridized carbons (Fsp3) is 0.632. The molecular formula is C19H28F3N3O5S. The predicted molar refractivity (Wildman–Crippen MR) is 109 cm³/mol. The molecule has 1 N–H and O–H groups in total. The minimum absolute atomic E-state index is 0.0220. The molecule has 176 valence electrons. The third-order valence-corrected chi connectivity index (χ3v) is 6.28. The molecule has 31 heavy (non-hydrogen) atoms. The predicted octanol–water partition coefficient (Wildman–Crippen LogP) is 2.32. The maximum Gasteiger partial charge on any atom is 0.390 e. The van der Waals surface area contributed by atoms with Gasteiger partial charge in [0.2, 0.25) is 15.9 Å². The summed E-state index contributed by atoms with van der Waals surface area (Å²) in [5, 5.41) is 2.56. The molecule has 1 saturated heterocycles. The van der Waals surface area contributed by atoms with Crippen LogP contribution >= 0.6 is 0 Å². The standard InChI is InChI=1S/C19H28F3N3O5S/c1-14(2)30-17-5-4-15(31(27,28)25-8-10-29-11-9-25)12-16(17)23-18(26)13-24(3)7-6-19(20,21)22/h4-5,12,14H,6-11,13H2,1-3H3,(H,23,26). The molecule has 0 saturated carbocycles. The van der Waals surface area contributed by atoms with E-state index in [9.17, 15) is 26.4 Å². The van der Waals surface area contributed by atoms with E-state index in [1.54, 1.807) is 13.8 Å². The van der Waals surface area contributed by atoms with Crippen molar-refractivity contribution in [3.8, 4) is 5.75 Å². The Morgan fingerprint density at radius 3 is 2.52 bits per heavy atom. The van der Waals surface area contributed by atoms with Crippen molar-refractivity contribution in [2.45, 2.75) is 37.4 Å². The smallest absolute Gasteiger partial charge is 0.390 e. The lowest BCUT2D eigenvalue weighted by Crippen LogP contribution is -2.40. The van der Waals surface area contributed by atoms with E-state index in [-0.39, 0.29) is 48.6 Å². The van der Waals surface area contributed by atoms with E-state index in [1.165, 1.54) is 34.5 Å². The molecule has 0 aromatic heterocycles. The van der Waals surface area contributed by atoms with Crippen LogP contribution in [0.15, 0.2) is 23.1 Å². The molecule has 0 unspecified atom stereocenters. The van der Waals surface area contributed by atoms with E-state index >= 15 is 0 Å². The van der Waals surface area contributed by atoms with Crippen molar-refractivity contribution < 1.29 is 35.9 Å². The molecule has 0 spiro atoms. The second kappa shape index (κ2) is 10.6. The lowest BCUT2D eigenvalue weighted by Gasteiger charge is -2.26. The van der Waals surface area contributed by atoms with Crippen molar-refractivity contribution in [1.29, 1.82) is 0 Å². The van der Waals surface area contributed by atoms with E-state index in [2.05, 4.69) is 5.32 Å². The van der Waals surface area contributed by atoms with Gasteiger partial charge < -0.3 is 14.8 Å². The molecule has 1 amide bonds. The SMILES string of the molecule is CC(C)Oc1ccc(S(=O)(=O)N2CCOCC2)cc1NC(=O)CN(C)CCC(F)(F)F. The van der Waals surface area contributed by atoms with Gasteiger partial charge in [0, 0.05) is 19.6 Å². The van der Waals surface area contributed by atoms with Crippen molar-refractivity contribution in [3.63, 3.8) is 0 Å². The molecule has 1 aromatic carbocycles. The van der Waals surface area contributed by atoms with Gasteiger partial charge in [-0.25, -0.2) is 8.42 Å². The number of morpholine rings is 1. The van der Waals surface area contributed by atoms with E-state index in [1.807, 2.05) is 0 Å². The number of hydrogen-bond donors (Lipinski definition) is 1. The largest absolute Gasteiger partial charge is 0.489 e. The molecule has 0 bridgehead atoms. The molecule has 0 aliphatic carbocycles. The third kappa shape index (κ3) is 7.95. The van der Waals surface area contributed by atoms with Gasteiger partial charge in [-0.15, -0.1) is 0 Å². The number of ether oxygens (including phenoxy) is 2. The molecule has 8 nitrogen and oxygen atoms in total. The molecule has 0 atom stereocenters. The number of nitrogens with one attached hydrogen (secondary N) is 1. The van der Waals surface area contributed by atoms with Crippen LogP contribution in [0.3, 0.4) is 0 Å². The van der Waals surface area contributed by atoms with Crippen molar-refractivity contribution in [2.24, 2.45) is 0 Å². The average molecular weight is 468 g/mol. The molecule has 2 rings (SSSR count). The first-order chi connectivity index (χ1) is 14.4. The Kier molecular flexibility index (Phi) is 8.69. The van der Waals surface area contributed by atoms with Crippen LogP contribution in [0.1, 0.15) is 20.3 Å². The van der Waals surface area contributed by atoms with Gasteiger partial charge in [-0.2, -0.15) is 17.5 Å². The van der Waals surface area contributed by atoms with Gasteiger partial charge in [0.15, 0.2) is 0 Å². The zero-order valence-electron chi connectivity index (χ0n) is 17.7. The number of carbonyl (C=O) groups is 1. The van der Waals surface area contributed by atoms with E-state index in [0.717, 1.165) is 0 Å². The number of nitrogens with zero attached hydrogens (tertiary/aromatic N) is 2. The zero-order chi connectivity index (χ0) is 23.2. The van der Waals surface area contributed by atoms with Crippen molar-refractivity contribution in [3.05, 3.63) is 18.2 Å². The second-order valence-electron chi connectivity index (χ2n) is 7.49. The van der Waals surface area contributed by atoms with Crippen molar-refractivity contribution in [1.82, 2.24) is 9.21 Å². The van der Waals surface area contributed by atoms with Gasteiger partial charge in [0.25, 0.3) is 0 Å².